The van der Waals surface area contributed by atoms with Gasteiger partial charge in [0.2, 0.25) is 24.5 Å². The fourth-order valence-corrected chi connectivity index (χ4v) is 3.57. The zero-order valence-electron chi connectivity index (χ0n) is 17.7. The Morgan fingerprint density at radius 3 is 2.55 bits per heavy atom. The van der Waals surface area contributed by atoms with Crippen molar-refractivity contribution in [1.82, 2.24) is 10.6 Å². The van der Waals surface area contributed by atoms with Gasteiger partial charge in [-0.3, -0.25) is 14.4 Å². The minimum absolute atomic E-state index is 0.0136. The van der Waals surface area contributed by atoms with E-state index in [1.54, 1.807) is 18.2 Å². The van der Waals surface area contributed by atoms with Gasteiger partial charge in [0.1, 0.15) is 12.1 Å². The van der Waals surface area contributed by atoms with Gasteiger partial charge in [0, 0.05) is 24.7 Å². The van der Waals surface area contributed by atoms with Gasteiger partial charge >= 0.3 is 5.97 Å². The number of carbonyl (C=O) groups excluding carboxylic acids is 3. The molecule has 3 N–H and O–H groups in total. The minimum atomic E-state index is -1.12. The van der Waals surface area contributed by atoms with Gasteiger partial charge in [-0.25, -0.2) is 4.79 Å². The zero-order chi connectivity index (χ0) is 22.7. The molecule has 1 saturated heterocycles. The van der Waals surface area contributed by atoms with E-state index in [1.165, 1.54) is 11.8 Å². The maximum Gasteiger partial charge on any atom is 0.326 e. The third kappa shape index (κ3) is 5.25. The topological polar surface area (TPSA) is 134 Å². The van der Waals surface area contributed by atoms with Crippen molar-refractivity contribution in [1.29, 1.82) is 0 Å². The van der Waals surface area contributed by atoms with Crippen LogP contribution in [0, 0.1) is 11.8 Å². The number of carboxylic acid groups (broad SMARTS) is 1. The molecule has 2 heterocycles. The van der Waals surface area contributed by atoms with Crippen LogP contribution in [0.3, 0.4) is 0 Å². The molecule has 0 aromatic heterocycles. The van der Waals surface area contributed by atoms with Crippen molar-refractivity contribution < 1.29 is 33.8 Å². The lowest BCUT2D eigenvalue weighted by molar-refractivity contribution is -0.142. The van der Waals surface area contributed by atoms with Crippen molar-refractivity contribution in [3.05, 3.63) is 18.2 Å². The highest BCUT2D eigenvalue weighted by Crippen LogP contribution is 2.37. The summed E-state index contributed by atoms with van der Waals surface area (Å²) in [6.45, 7) is 5.49. The number of carboxylic acids is 1. The second-order valence-corrected chi connectivity index (χ2v) is 8.20. The number of anilines is 1. The van der Waals surface area contributed by atoms with Crippen molar-refractivity contribution >= 4 is 29.4 Å². The summed E-state index contributed by atoms with van der Waals surface area (Å²) in [5.74, 6) is -1.76. The van der Waals surface area contributed by atoms with Gasteiger partial charge in [-0.1, -0.05) is 13.8 Å². The molecule has 0 saturated carbocycles. The second kappa shape index (κ2) is 9.23. The highest BCUT2D eigenvalue weighted by atomic mass is 16.7. The Morgan fingerprint density at radius 1 is 1.16 bits per heavy atom. The first-order valence-corrected chi connectivity index (χ1v) is 10.2. The number of aliphatic carboxylic acids is 1. The Balaban J connectivity index is 1.57. The summed E-state index contributed by atoms with van der Waals surface area (Å²) < 4.78 is 10.6. The van der Waals surface area contributed by atoms with Crippen LogP contribution in [0.5, 0.6) is 11.5 Å². The number of nitrogens with zero attached hydrogens (tertiary/aromatic N) is 1. The Bertz CT molecular complexity index is 886. The van der Waals surface area contributed by atoms with Crippen LogP contribution in [-0.2, 0) is 19.2 Å². The smallest absolute Gasteiger partial charge is 0.326 e. The SMILES string of the molecule is CC(C)CC(NC(=O)C(C)NC(=O)C1CC(=O)N(c2ccc3c(c2)OCO3)C1)C(=O)O. The van der Waals surface area contributed by atoms with Gasteiger partial charge in [0.25, 0.3) is 0 Å². The van der Waals surface area contributed by atoms with Crippen LogP contribution in [0.1, 0.15) is 33.6 Å². The molecule has 3 atom stereocenters. The number of nitrogens with one attached hydrogen (secondary N) is 2. The van der Waals surface area contributed by atoms with Crippen LogP contribution in [0.2, 0.25) is 0 Å². The molecule has 31 heavy (non-hydrogen) atoms. The van der Waals surface area contributed by atoms with Gasteiger partial charge < -0.3 is 30.1 Å². The Hall–Kier alpha value is -3.30. The molecule has 1 aromatic carbocycles. The lowest BCUT2D eigenvalue weighted by Crippen LogP contribution is -2.51. The average molecular weight is 433 g/mol. The van der Waals surface area contributed by atoms with Gasteiger partial charge in [-0.2, -0.15) is 0 Å². The fraction of sp³-hybridized carbons (Fsp3) is 0.524. The van der Waals surface area contributed by atoms with Gasteiger partial charge in [-0.05, 0) is 31.4 Å². The van der Waals surface area contributed by atoms with Gasteiger partial charge in [0.15, 0.2) is 11.5 Å². The molecule has 0 radical (unpaired) electrons. The number of hydrogen-bond acceptors (Lipinski definition) is 6. The number of rotatable bonds is 8. The third-order valence-corrected chi connectivity index (χ3v) is 5.24. The van der Waals surface area contributed by atoms with E-state index >= 15 is 0 Å². The van der Waals surface area contributed by atoms with Crippen LogP contribution in [0.4, 0.5) is 5.69 Å². The molecule has 3 unspecified atom stereocenters. The van der Waals surface area contributed by atoms with Crippen LogP contribution >= 0.6 is 0 Å². The van der Waals surface area contributed by atoms with E-state index in [2.05, 4.69) is 10.6 Å². The predicted molar refractivity (Wildman–Crippen MR) is 110 cm³/mol. The molecule has 0 spiro atoms. The Labute approximate surface area is 179 Å². The molecule has 2 aliphatic rings. The predicted octanol–water partition coefficient (Wildman–Crippen LogP) is 0.888. The van der Waals surface area contributed by atoms with Crippen molar-refractivity contribution in [3.8, 4) is 11.5 Å². The molecular formula is C21H27N3O7. The summed E-state index contributed by atoms with van der Waals surface area (Å²) in [5.41, 5.74) is 0.605. The number of fused-ring (bicyclic) bond motifs is 1. The van der Waals surface area contributed by atoms with E-state index in [9.17, 15) is 24.3 Å². The lowest BCUT2D eigenvalue weighted by atomic mass is 10.0. The van der Waals surface area contributed by atoms with Gasteiger partial charge in [0.05, 0.1) is 5.92 Å². The summed E-state index contributed by atoms with van der Waals surface area (Å²) in [5, 5.41) is 14.3. The first-order chi connectivity index (χ1) is 14.7. The monoisotopic (exact) mass is 433 g/mol. The summed E-state index contributed by atoms with van der Waals surface area (Å²) in [7, 11) is 0. The van der Waals surface area contributed by atoms with E-state index in [0.717, 1.165) is 0 Å². The second-order valence-electron chi connectivity index (χ2n) is 8.20. The number of ether oxygens (including phenoxy) is 2. The maximum atomic E-state index is 12.6. The highest BCUT2D eigenvalue weighted by molar-refractivity contribution is 6.01. The first kappa shape index (κ1) is 22.4. The summed E-state index contributed by atoms with van der Waals surface area (Å²) in [4.78, 5) is 50.3. The van der Waals surface area contributed by atoms with Gasteiger partial charge in [-0.15, -0.1) is 0 Å². The van der Waals surface area contributed by atoms with Crippen molar-refractivity contribution in [2.24, 2.45) is 11.8 Å². The van der Waals surface area contributed by atoms with Crippen LogP contribution in [0.15, 0.2) is 18.2 Å². The maximum absolute atomic E-state index is 12.6. The molecule has 1 aromatic rings. The number of benzene rings is 1. The van der Waals surface area contributed by atoms with E-state index in [1.807, 2.05) is 13.8 Å². The van der Waals surface area contributed by atoms with Crippen molar-refractivity contribution in [2.75, 3.05) is 18.2 Å². The minimum Gasteiger partial charge on any atom is -0.480 e. The summed E-state index contributed by atoms with van der Waals surface area (Å²) >= 11 is 0. The third-order valence-electron chi connectivity index (χ3n) is 5.24. The average Bonchev–Trinajstić information content (AvgIpc) is 3.32. The Morgan fingerprint density at radius 2 is 1.87 bits per heavy atom. The molecule has 3 amide bonds. The number of amides is 3. The lowest BCUT2D eigenvalue weighted by Gasteiger charge is -2.21. The number of carbonyl (C=O) groups is 4. The van der Waals surface area contributed by atoms with Crippen LogP contribution < -0.4 is 25.0 Å². The largest absolute Gasteiger partial charge is 0.480 e. The van der Waals surface area contributed by atoms with E-state index in [-0.39, 0.29) is 38.0 Å². The van der Waals surface area contributed by atoms with E-state index in [4.69, 9.17) is 9.47 Å². The van der Waals surface area contributed by atoms with Crippen molar-refractivity contribution in [2.45, 2.75) is 45.7 Å². The quantitative estimate of drug-likeness (QED) is 0.554. The summed E-state index contributed by atoms with van der Waals surface area (Å²) in [6, 6.07) is 3.17. The summed E-state index contributed by atoms with van der Waals surface area (Å²) in [6.07, 6.45) is 0.295. The van der Waals surface area contributed by atoms with E-state index < -0.39 is 35.8 Å². The van der Waals surface area contributed by atoms with Crippen LogP contribution in [-0.4, -0.2) is 54.2 Å². The van der Waals surface area contributed by atoms with Crippen molar-refractivity contribution in [3.63, 3.8) is 0 Å². The van der Waals surface area contributed by atoms with E-state index in [0.29, 0.717) is 17.2 Å². The molecule has 10 nitrogen and oxygen atoms in total. The highest BCUT2D eigenvalue weighted by Gasteiger charge is 2.37. The molecule has 168 valence electrons. The molecular weight excluding hydrogens is 406 g/mol. The molecule has 1 fully saturated rings. The normalized spacial score (nSPS) is 19.3. The standard InChI is InChI=1S/C21H27N3O7/c1-11(2)6-15(21(28)29)23-19(26)12(3)22-20(27)13-7-18(25)24(9-13)14-4-5-16-17(8-14)31-10-30-16/h4-5,8,11-13,15H,6-7,9-10H2,1-3H3,(H,22,27)(H,23,26)(H,28,29). The zero-order valence-corrected chi connectivity index (χ0v) is 17.7. The fourth-order valence-electron chi connectivity index (χ4n) is 3.57. The molecule has 3 rings (SSSR count). The molecule has 2 aliphatic heterocycles. The Kier molecular flexibility index (Phi) is 6.67. The van der Waals surface area contributed by atoms with Crippen LogP contribution in [0.25, 0.3) is 0 Å². The first-order valence-electron chi connectivity index (χ1n) is 10.2. The molecule has 10 heteroatoms. The number of hydrogen-bond donors (Lipinski definition) is 3. The molecule has 0 bridgehead atoms. The molecule has 0 aliphatic carbocycles.